The van der Waals surface area contributed by atoms with Gasteiger partial charge in [0.25, 0.3) is 0 Å². The van der Waals surface area contributed by atoms with Crippen LogP contribution in [0, 0.1) is 5.41 Å². The van der Waals surface area contributed by atoms with E-state index in [0.29, 0.717) is 11.5 Å². The van der Waals surface area contributed by atoms with Crippen LogP contribution in [0.1, 0.15) is 20.3 Å². The molecule has 1 heterocycles. The fourth-order valence-corrected chi connectivity index (χ4v) is 1.13. The molecule has 1 saturated heterocycles. The van der Waals surface area contributed by atoms with E-state index < -0.39 is 0 Å². The molecule has 1 fully saturated rings. The Morgan fingerprint density at radius 1 is 1.36 bits per heavy atom. The molecule has 0 spiro atoms. The number of nitrogens with one attached hydrogen (secondary N) is 1. The molecule has 0 aliphatic carbocycles. The second-order valence-corrected chi connectivity index (χ2v) is 3.55. The first-order chi connectivity index (χ1) is 4.13. The minimum Gasteiger partial charge on any atom is -0.326 e. The van der Waals surface area contributed by atoms with Crippen LogP contribution in [0.2, 0.25) is 0 Å². The Kier molecular flexibility index (Phi) is 6.64. The van der Waals surface area contributed by atoms with Crippen molar-refractivity contribution >= 4 is 24.8 Å². The van der Waals surface area contributed by atoms with Crippen molar-refractivity contribution in [1.29, 1.82) is 0 Å². The minimum atomic E-state index is 0. The van der Waals surface area contributed by atoms with Crippen LogP contribution in [-0.4, -0.2) is 19.1 Å². The van der Waals surface area contributed by atoms with Crippen molar-refractivity contribution in [3.63, 3.8) is 0 Å². The Morgan fingerprint density at radius 3 is 2.18 bits per heavy atom. The molecule has 0 radical (unpaired) electrons. The van der Waals surface area contributed by atoms with Gasteiger partial charge in [-0.05, 0) is 18.4 Å². The van der Waals surface area contributed by atoms with E-state index in [-0.39, 0.29) is 24.8 Å². The fraction of sp³-hybridized carbons (Fsp3) is 1.00. The van der Waals surface area contributed by atoms with E-state index in [1.807, 2.05) is 0 Å². The number of hydrogen-bond acceptors (Lipinski definition) is 2. The van der Waals surface area contributed by atoms with Gasteiger partial charge in [0.05, 0.1) is 0 Å². The van der Waals surface area contributed by atoms with Gasteiger partial charge in [-0.1, -0.05) is 13.8 Å². The molecule has 0 bridgehead atoms. The quantitative estimate of drug-likeness (QED) is 0.617. The first-order valence-corrected chi connectivity index (χ1v) is 3.59. The summed E-state index contributed by atoms with van der Waals surface area (Å²) in [5.74, 6) is 0. The van der Waals surface area contributed by atoms with E-state index in [1.54, 1.807) is 0 Å². The van der Waals surface area contributed by atoms with Crippen LogP contribution < -0.4 is 11.1 Å². The van der Waals surface area contributed by atoms with Crippen LogP contribution in [0.5, 0.6) is 0 Å². The number of rotatable bonds is 0. The van der Waals surface area contributed by atoms with Gasteiger partial charge in [-0.25, -0.2) is 0 Å². The summed E-state index contributed by atoms with van der Waals surface area (Å²) < 4.78 is 0. The molecule has 0 aromatic carbocycles. The molecular weight excluding hydrogens is 183 g/mol. The van der Waals surface area contributed by atoms with Crippen molar-refractivity contribution in [3.05, 3.63) is 0 Å². The van der Waals surface area contributed by atoms with Crippen molar-refractivity contribution in [3.8, 4) is 0 Å². The molecule has 11 heavy (non-hydrogen) atoms. The summed E-state index contributed by atoms with van der Waals surface area (Å²) in [6.45, 7) is 6.57. The molecule has 0 saturated carbocycles. The maximum Gasteiger partial charge on any atom is 0.0217 e. The topological polar surface area (TPSA) is 38.0 Å². The van der Waals surface area contributed by atoms with Crippen molar-refractivity contribution in [2.45, 2.75) is 26.3 Å². The number of nitrogens with two attached hydrogens (primary N) is 1. The highest BCUT2D eigenvalue weighted by molar-refractivity contribution is 5.85. The van der Waals surface area contributed by atoms with Crippen LogP contribution in [0.15, 0.2) is 0 Å². The Labute approximate surface area is 81.1 Å². The summed E-state index contributed by atoms with van der Waals surface area (Å²) in [4.78, 5) is 0. The number of halogens is 2. The Hall–Kier alpha value is 0.500. The van der Waals surface area contributed by atoms with Gasteiger partial charge in [0.1, 0.15) is 0 Å². The predicted octanol–water partition coefficient (Wildman–Crippen LogP) is 1.18. The minimum absolute atomic E-state index is 0. The lowest BCUT2D eigenvalue weighted by Crippen LogP contribution is -2.50. The molecule has 0 aromatic rings. The molecular formula is C7H18Cl2N2. The zero-order chi connectivity index (χ0) is 6.91. The molecule has 3 N–H and O–H groups in total. The maximum atomic E-state index is 5.85. The summed E-state index contributed by atoms with van der Waals surface area (Å²) in [7, 11) is 0. The van der Waals surface area contributed by atoms with Gasteiger partial charge < -0.3 is 11.1 Å². The largest absolute Gasteiger partial charge is 0.326 e. The molecule has 1 aliphatic rings. The molecule has 2 nitrogen and oxygen atoms in total. The van der Waals surface area contributed by atoms with Gasteiger partial charge in [-0.3, -0.25) is 0 Å². The normalized spacial score (nSPS) is 28.1. The lowest BCUT2D eigenvalue weighted by Gasteiger charge is -2.36. The molecule has 70 valence electrons. The van der Waals surface area contributed by atoms with E-state index in [2.05, 4.69) is 19.2 Å². The Balaban J connectivity index is 0. The third-order valence-electron chi connectivity index (χ3n) is 2.31. The molecule has 0 aromatic heterocycles. The van der Waals surface area contributed by atoms with Crippen molar-refractivity contribution in [2.24, 2.45) is 11.1 Å². The van der Waals surface area contributed by atoms with E-state index in [1.165, 1.54) is 6.42 Å². The lowest BCUT2D eigenvalue weighted by molar-refractivity contribution is 0.217. The van der Waals surface area contributed by atoms with Crippen LogP contribution in [-0.2, 0) is 0 Å². The zero-order valence-corrected chi connectivity index (χ0v) is 8.73. The van der Waals surface area contributed by atoms with Crippen LogP contribution >= 0.6 is 24.8 Å². The SMILES string of the molecule is CC1(C)CCNCC1N.Cl.Cl. The van der Waals surface area contributed by atoms with Crippen molar-refractivity contribution < 1.29 is 0 Å². The van der Waals surface area contributed by atoms with Crippen LogP contribution in [0.3, 0.4) is 0 Å². The third kappa shape index (κ3) is 3.61. The molecule has 4 heteroatoms. The second-order valence-electron chi connectivity index (χ2n) is 3.55. The highest BCUT2D eigenvalue weighted by atomic mass is 35.5. The highest BCUT2D eigenvalue weighted by Crippen LogP contribution is 2.25. The smallest absolute Gasteiger partial charge is 0.0217 e. The maximum absolute atomic E-state index is 5.85. The summed E-state index contributed by atoms with van der Waals surface area (Å²) in [6, 6.07) is 0.339. The molecule has 1 aliphatic heterocycles. The molecule has 1 rings (SSSR count). The van der Waals surface area contributed by atoms with Crippen molar-refractivity contribution in [2.75, 3.05) is 13.1 Å². The van der Waals surface area contributed by atoms with Gasteiger partial charge in [0, 0.05) is 12.6 Å². The Morgan fingerprint density at radius 2 is 1.91 bits per heavy atom. The average Bonchev–Trinajstić information content (AvgIpc) is 1.77. The van der Waals surface area contributed by atoms with Gasteiger partial charge in [0.2, 0.25) is 0 Å². The average molecular weight is 201 g/mol. The van der Waals surface area contributed by atoms with E-state index in [0.717, 1.165) is 13.1 Å². The number of hydrogen-bond donors (Lipinski definition) is 2. The third-order valence-corrected chi connectivity index (χ3v) is 2.31. The summed E-state index contributed by atoms with van der Waals surface area (Å²) in [5.41, 5.74) is 6.20. The summed E-state index contributed by atoms with van der Waals surface area (Å²) in [6.07, 6.45) is 1.20. The summed E-state index contributed by atoms with van der Waals surface area (Å²) >= 11 is 0. The predicted molar refractivity (Wildman–Crippen MR) is 53.7 cm³/mol. The van der Waals surface area contributed by atoms with Gasteiger partial charge in [-0.15, -0.1) is 24.8 Å². The monoisotopic (exact) mass is 200 g/mol. The van der Waals surface area contributed by atoms with Gasteiger partial charge in [-0.2, -0.15) is 0 Å². The standard InChI is InChI=1S/C7H16N2.2ClH/c1-7(2)3-4-9-5-6(7)8;;/h6,9H,3-5,8H2,1-2H3;2*1H. The van der Waals surface area contributed by atoms with Crippen LogP contribution in [0.4, 0.5) is 0 Å². The lowest BCUT2D eigenvalue weighted by atomic mass is 9.79. The van der Waals surface area contributed by atoms with Crippen molar-refractivity contribution in [1.82, 2.24) is 5.32 Å². The molecule has 1 unspecified atom stereocenters. The second kappa shape index (κ2) is 5.20. The van der Waals surface area contributed by atoms with Crippen LogP contribution in [0.25, 0.3) is 0 Å². The van der Waals surface area contributed by atoms with E-state index in [4.69, 9.17) is 5.73 Å². The first kappa shape index (κ1) is 14.0. The first-order valence-electron chi connectivity index (χ1n) is 3.59. The summed E-state index contributed by atoms with van der Waals surface area (Å²) in [5, 5.41) is 3.27. The van der Waals surface area contributed by atoms with E-state index in [9.17, 15) is 0 Å². The highest BCUT2D eigenvalue weighted by Gasteiger charge is 2.28. The zero-order valence-electron chi connectivity index (χ0n) is 7.09. The molecule has 0 amide bonds. The number of piperidine rings is 1. The fourth-order valence-electron chi connectivity index (χ4n) is 1.13. The van der Waals surface area contributed by atoms with E-state index >= 15 is 0 Å². The Bertz CT molecular complexity index is 107. The molecule has 1 atom stereocenters. The van der Waals surface area contributed by atoms with Gasteiger partial charge >= 0.3 is 0 Å². The van der Waals surface area contributed by atoms with Gasteiger partial charge in [0.15, 0.2) is 0 Å².